The van der Waals surface area contributed by atoms with Crippen LogP contribution in [0.1, 0.15) is 23.7 Å². The highest BCUT2D eigenvalue weighted by atomic mass is 79.9. The van der Waals surface area contributed by atoms with Gasteiger partial charge in [-0.3, -0.25) is 9.69 Å². The van der Waals surface area contributed by atoms with E-state index in [1.54, 1.807) is 0 Å². The van der Waals surface area contributed by atoms with Crippen LogP contribution in [-0.4, -0.2) is 41.5 Å². The van der Waals surface area contributed by atoms with E-state index in [0.29, 0.717) is 19.0 Å². The molecule has 0 radical (unpaired) electrons. The van der Waals surface area contributed by atoms with E-state index in [2.05, 4.69) is 22.9 Å². The second kappa shape index (κ2) is 5.95. The second-order valence-corrected chi connectivity index (χ2v) is 5.92. The van der Waals surface area contributed by atoms with Crippen LogP contribution in [0.5, 0.6) is 0 Å². The summed E-state index contributed by atoms with van der Waals surface area (Å²) >= 11 is 3.37. The Kier molecular flexibility index (Phi) is 4.54. The number of rotatable bonds is 3. The summed E-state index contributed by atoms with van der Waals surface area (Å²) in [5, 5.41) is 9.82. The van der Waals surface area contributed by atoms with Crippen LogP contribution in [0.15, 0.2) is 28.7 Å². The molecule has 1 aliphatic heterocycles. The Labute approximate surface area is 116 Å². The molecular weight excluding hydrogens is 294 g/mol. The van der Waals surface area contributed by atoms with Crippen molar-refractivity contribution in [1.29, 1.82) is 0 Å². The van der Waals surface area contributed by atoms with Gasteiger partial charge in [0.05, 0.1) is 12.6 Å². The molecule has 98 valence electrons. The van der Waals surface area contributed by atoms with Crippen molar-refractivity contribution in [3.05, 3.63) is 34.3 Å². The molecular formula is C14H18BrNO2. The van der Waals surface area contributed by atoms with Crippen LogP contribution in [0, 0.1) is 5.92 Å². The molecule has 1 aliphatic rings. The first-order chi connectivity index (χ1) is 8.56. The lowest BCUT2D eigenvalue weighted by Gasteiger charge is -2.33. The summed E-state index contributed by atoms with van der Waals surface area (Å²) in [4.78, 5) is 14.1. The van der Waals surface area contributed by atoms with Crippen molar-refractivity contribution in [3.63, 3.8) is 0 Å². The van der Waals surface area contributed by atoms with Gasteiger partial charge in [-0.25, -0.2) is 0 Å². The molecule has 1 N–H and O–H groups in total. The second-order valence-electron chi connectivity index (χ2n) is 5.00. The van der Waals surface area contributed by atoms with Crippen molar-refractivity contribution in [2.75, 3.05) is 19.6 Å². The standard InChI is InChI=1S/C14H18BrNO2/c1-10-5-6-16(8-13(10)17)9-14(18)11-3-2-4-12(15)7-11/h2-4,7,10,13,17H,5-6,8-9H2,1H3. The lowest BCUT2D eigenvalue weighted by Crippen LogP contribution is -2.44. The summed E-state index contributed by atoms with van der Waals surface area (Å²) in [7, 11) is 0. The Morgan fingerprint density at radius 2 is 2.33 bits per heavy atom. The van der Waals surface area contributed by atoms with Gasteiger partial charge in [-0.1, -0.05) is 35.0 Å². The first-order valence-corrected chi connectivity index (χ1v) is 7.05. The zero-order chi connectivity index (χ0) is 13.1. The van der Waals surface area contributed by atoms with Gasteiger partial charge in [-0.2, -0.15) is 0 Å². The number of piperidine rings is 1. The Balaban J connectivity index is 1.96. The number of likely N-dealkylation sites (tertiary alicyclic amines) is 1. The van der Waals surface area contributed by atoms with Gasteiger partial charge in [0.1, 0.15) is 0 Å². The topological polar surface area (TPSA) is 40.5 Å². The average molecular weight is 312 g/mol. The van der Waals surface area contributed by atoms with E-state index in [1.807, 2.05) is 29.2 Å². The summed E-state index contributed by atoms with van der Waals surface area (Å²) in [6.45, 7) is 3.93. The first-order valence-electron chi connectivity index (χ1n) is 6.25. The summed E-state index contributed by atoms with van der Waals surface area (Å²) in [6.07, 6.45) is 0.640. The molecule has 2 rings (SSSR count). The number of ketones is 1. The molecule has 0 aliphatic carbocycles. The molecule has 0 saturated carbocycles. The highest BCUT2D eigenvalue weighted by molar-refractivity contribution is 9.10. The molecule has 1 fully saturated rings. The maximum absolute atomic E-state index is 12.1. The van der Waals surface area contributed by atoms with Crippen LogP contribution >= 0.6 is 15.9 Å². The molecule has 0 amide bonds. The van der Waals surface area contributed by atoms with Crippen molar-refractivity contribution < 1.29 is 9.90 Å². The fraction of sp³-hybridized carbons (Fsp3) is 0.500. The highest BCUT2D eigenvalue weighted by Crippen LogP contribution is 2.18. The van der Waals surface area contributed by atoms with Gasteiger partial charge in [0, 0.05) is 16.6 Å². The number of nitrogens with zero attached hydrogens (tertiary/aromatic N) is 1. The molecule has 1 aromatic rings. The van der Waals surface area contributed by atoms with Crippen LogP contribution in [-0.2, 0) is 0 Å². The largest absolute Gasteiger partial charge is 0.392 e. The zero-order valence-corrected chi connectivity index (χ0v) is 12.1. The monoisotopic (exact) mass is 311 g/mol. The number of hydrogen-bond donors (Lipinski definition) is 1. The summed E-state index contributed by atoms with van der Waals surface area (Å²) in [5.74, 6) is 0.445. The third-order valence-corrected chi connectivity index (χ3v) is 4.01. The number of benzene rings is 1. The lowest BCUT2D eigenvalue weighted by molar-refractivity contribution is 0.0295. The molecule has 3 nitrogen and oxygen atoms in total. The maximum atomic E-state index is 12.1. The van der Waals surface area contributed by atoms with Gasteiger partial charge in [-0.05, 0) is 31.0 Å². The maximum Gasteiger partial charge on any atom is 0.176 e. The minimum absolute atomic E-state index is 0.109. The smallest absolute Gasteiger partial charge is 0.176 e. The minimum atomic E-state index is -0.311. The molecule has 0 spiro atoms. The van der Waals surface area contributed by atoms with Crippen LogP contribution in [0.25, 0.3) is 0 Å². The van der Waals surface area contributed by atoms with E-state index in [0.717, 1.165) is 23.0 Å². The zero-order valence-electron chi connectivity index (χ0n) is 10.5. The van der Waals surface area contributed by atoms with Crippen LogP contribution < -0.4 is 0 Å². The molecule has 1 saturated heterocycles. The molecule has 18 heavy (non-hydrogen) atoms. The van der Waals surface area contributed by atoms with Gasteiger partial charge in [0.15, 0.2) is 5.78 Å². The van der Waals surface area contributed by atoms with Gasteiger partial charge in [-0.15, -0.1) is 0 Å². The van der Waals surface area contributed by atoms with E-state index < -0.39 is 0 Å². The Morgan fingerprint density at radius 3 is 3.00 bits per heavy atom. The van der Waals surface area contributed by atoms with Crippen LogP contribution in [0.2, 0.25) is 0 Å². The van der Waals surface area contributed by atoms with Crippen molar-refractivity contribution in [2.45, 2.75) is 19.4 Å². The van der Waals surface area contributed by atoms with Crippen molar-refractivity contribution >= 4 is 21.7 Å². The van der Waals surface area contributed by atoms with Crippen molar-refractivity contribution in [3.8, 4) is 0 Å². The van der Waals surface area contributed by atoms with E-state index in [1.165, 1.54) is 0 Å². The molecule has 4 heteroatoms. The van der Waals surface area contributed by atoms with Gasteiger partial charge >= 0.3 is 0 Å². The Hall–Kier alpha value is -0.710. The third kappa shape index (κ3) is 3.40. The van der Waals surface area contributed by atoms with E-state index in [9.17, 15) is 9.90 Å². The fourth-order valence-corrected chi connectivity index (χ4v) is 2.61. The number of carbonyl (C=O) groups is 1. The minimum Gasteiger partial charge on any atom is -0.392 e. The molecule has 0 bridgehead atoms. The van der Waals surface area contributed by atoms with E-state index in [-0.39, 0.29) is 11.9 Å². The lowest BCUT2D eigenvalue weighted by atomic mass is 9.95. The van der Waals surface area contributed by atoms with Crippen molar-refractivity contribution in [2.24, 2.45) is 5.92 Å². The highest BCUT2D eigenvalue weighted by Gasteiger charge is 2.25. The number of halogens is 1. The van der Waals surface area contributed by atoms with Crippen LogP contribution in [0.3, 0.4) is 0 Å². The summed E-state index contributed by atoms with van der Waals surface area (Å²) in [6, 6.07) is 7.44. The Morgan fingerprint density at radius 1 is 1.56 bits per heavy atom. The molecule has 2 unspecified atom stereocenters. The van der Waals surface area contributed by atoms with Crippen molar-refractivity contribution in [1.82, 2.24) is 4.90 Å². The van der Waals surface area contributed by atoms with E-state index >= 15 is 0 Å². The number of aliphatic hydroxyl groups excluding tert-OH is 1. The predicted molar refractivity (Wildman–Crippen MR) is 74.7 cm³/mol. The predicted octanol–water partition coefficient (Wildman–Crippen LogP) is 2.33. The fourth-order valence-electron chi connectivity index (χ4n) is 2.21. The van der Waals surface area contributed by atoms with Gasteiger partial charge in [0.25, 0.3) is 0 Å². The van der Waals surface area contributed by atoms with E-state index in [4.69, 9.17) is 0 Å². The molecule has 1 aromatic carbocycles. The molecule has 1 heterocycles. The number of β-amino-alcohol motifs (C(OH)–C–C–N with tert-alkyl or cyclic N) is 1. The number of carbonyl (C=O) groups excluding carboxylic acids is 1. The number of Topliss-reactive ketones (excluding diaryl/α,β-unsaturated/α-hetero) is 1. The first kappa shape index (κ1) is 13.7. The normalized spacial score (nSPS) is 25.1. The quantitative estimate of drug-likeness (QED) is 0.871. The summed E-state index contributed by atoms with van der Waals surface area (Å²) in [5.41, 5.74) is 0.720. The molecule has 2 atom stereocenters. The van der Waals surface area contributed by atoms with Crippen LogP contribution in [0.4, 0.5) is 0 Å². The van der Waals surface area contributed by atoms with Gasteiger partial charge < -0.3 is 5.11 Å². The van der Waals surface area contributed by atoms with Gasteiger partial charge in [0.2, 0.25) is 0 Å². The third-order valence-electron chi connectivity index (χ3n) is 3.52. The number of hydrogen-bond acceptors (Lipinski definition) is 3. The molecule has 0 aromatic heterocycles. The SMILES string of the molecule is CC1CCN(CC(=O)c2cccc(Br)c2)CC1O. The summed E-state index contributed by atoms with van der Waals surface area (Å²) < 4.78 is 0.917. The Bertz CT molecular complexity index is 436. The average Bonchev–Trinajstić information content (AvgIpc) is 2.34. The number of aliphatic hydroxyl groups is 1.